The van der Waals surface area contributed by atoms with E-state index in [9.17, 15) is 0 Å². The molecule has 0 aromatic carbocycles. The van der Waals surface area contributed by atoms with Crippen molar-refractivity contribution >= 4 is 7.82 Å². The minimum absolute atomic E-state index is 0. The Hall–Kier alpha value is 1.15. The van der Waals surface area contributed by atoms with E-state index in [1.54, 1.807) is 0 Å². The van der Waals surface area contributed by atoms with Crippen molar-refractivity contribution in [3.63, 3.8) is 0 Å². The summed E-state index contributed by atoms with van der Waals surface area (Å²) in [5, 5.41) is 0. The number of hydrogen-bond donors (Lipinski definition) is 0. The average molecular weight is 206 g/mol. The first-order valence-electron chi connectivity index (χ1n) is 0.730. The maximum atomic E-state index is 8.55. The van der Waals surface area contributed by atoms with Crippen LogP contribution in [0.1, 0.15) is 0 Å². The molecule has 0 amide bonds. The summed E-state index contributed by atoms with van der Waals surface area (Å²) < 4.78 is 8.55. The Kier molecular flexibility index (Phi) is 11.9. The van der Waals surface area contributed by atoms with Crippen molar-refractivity contribution in [2.75, 3.05) is 0 Å². The topological polar surface area (TPSA) is 86.2 Å². The molecule has 0 aliphatic carbocycles. The van der Waals surface area contributed by atoms with Crippen molar-refractivity contribution < 1.29 is 53.4 Å². The van der Waals surface area contributed by atoms with E-state index in [-0.39, 0.29) is 34.1 Å². The van der Waals surface area contributed by atoms with Crippen molar-refractivity contribution in [3.8, 4) is 0 Å². The Morgan fingerprint density at radius 3 is 1.14 bits per heavy atom. The summed E-state index contributed by atoms with van der Waals surface area (Å²) in [5.74, 6) is 0. The van der Waals surface area contributed by atoms with Gasteiger partial charge in [0.05, 0.1) is 0 Å². The smallest absolute Gasteiger partial charge is 0.822 e. The van der Waals surface area contributed by atoms with E-state index in [4.69, 9.17) is 19.2 Å². The summed E-state index contributed by atoms with van der Waals surface area (Å²) in [4.78, 5) is 25.6. The van der Waals surface area contributed by atoms with Gasteiger partial charge in [-0.05, 0) is 0 Å². The second kappa shape index (κ2) is 5.29. The van der Waals surface area contributed by atoms with Gasteiger partial charge < -0.3 is 19.2 Å². The zero-order chi connectivity index (χ0) is 4.50. The van der Waals surface area contributed by atoms with Gasteiger partial charge in [0.1, 0.15) is 0 Å². The fourth-order valence-electron chi connectivity index (χ4n) is 0. The summed E-state index contributed by atoms with van der Waals surface area (Å²) in [7, 11) is -5.39. The first kappa shape index (κ1) is 15.7. The van der Waals surface area contributed by atoms with E-state index >= 15 is 0 Å². The largest absolute Gasteiger partial charge is 3.00 e. The minimum atomic E-state index is -5.39. The summed E-state index contributed by atoms with van der Waals surface area (Å²) in [6.45, 7) is 0. The van der Waals surface area contributed by atoms with Crippen molar-refractivity contribution in [2.45, 2.75) is 0 Å². The summed E-state index contributed by atoms with van der Waals surface area (Å²) >= 11 is 0. The standard InChI is InChI=1S/Fe.Mn.H3O4P/c;;1-5(2,3)4/h;;(H3,1,2,3,4)/q+3;;/p-3. The second-order valence-corrected chi connectivity index (χ2v) is 1.34. The molecule has 0 aromatic heterocycles. The van der Waals surface area contributed by atoms with E-state index in [2.05, 4.69) is 0 Å². The van der Waals surface area contributed by atoms with Crippen LogP contribution in [-0.4, -0.2) is 0 Å². The summed E-state index contributed by atoms with van der Waals surface area (Å²) in [6, 6.07) is 0. The molecule has 0 rings (SSSR count). The third-order valence-electron chi connectivity index (χ3n) is 0. The van der Waals surface area contributed by atoms with Gasteiger partial charge in [-0.15, -0.1) is 0 Å². The van der Waals surface area contributed by atoms with Crippen molar-refractivity contribution in [2.24, 2.45) is 0 Å². The van der Waals surface area contributed by atoms with E-state index in [0.717, 1.165) is 0 Å². The maximum Gasteiger partial charge on any atom is 3.00 e. The zero-order valence-electron chi connectivity index (χ0n) is 2.81. The fraction of sp³-hybridized carbons (Fsp3) is 0. The van der Waals surface area contributed by atoms with Crippen LogP contribution in [0.2, 0.25) is 0 Å². The number of phosphoric acid groups is 1. The molecule has 44 valence electrons. The van der Waals surface area contributed by atoms with Crippen molar-refractivity contribution in [1.29, 1.82) is 0 Å². The molecule has 0 saturated heterocycles. The Balaban J connectivity index is -0.0000000800. The van der Waals surface area contributed by atoms with Crippen LogP contribution in [0.4, 0.5) is 0 Å². The van der Waals surface area contributed by atoms with Gasteiger partial charge >= 0.3 is 17.1 Å². The van der Waals surface area contributed by atoms with E-state index in [0.29, 0.717) is 0 Å². The van der Waals surface area contributed by atoms with Crippen LogP contribution < -0.4 is 14.7 Å². The first-order chi connectivity index (χ1) is 2.00. The van der Waals surface area contributed by atoms with Crippen LogP contribution in [0, 0.1) is 0 Å². The zero-order valence-corrected chi connectivity index (χ0v) is 5.99. The van der Waals surface area contributed by atoms with Gasteiger partial charge in [-0.3, -0.25) is 0 Å². The molecule has 4 nitrogen and oxygen atoms in total. The molecule has 0 spiro atoms. The van der Waals surface area contributed by atoms with Crippen molar-refractivity contribution in [1.82, 2.24) is 0 Å². The molecule has 0 fully saturated rings. The maximum absolute atomic E-state index is 8.55. The molecule has 2 radical (unpaired) electrons. The molecular formula is FeMnO4P. The third kappa shape index (κ3) is 144. The average Bonchev–Trinajstić information content (AvgIpc) is 0.722. The number of hydrogen-bond acceptors (Lipinski definition) is 4. The SMILES string of the molecule is O=P([O-])([O-])[O-].[Fe+3].[Mn]. The molecule has 0 atom stereocenters. The van der Waals surface area contributed by atoms with Gasteiger partial charge in [0, 0.05) is 17.1 Å². The van der Waals surface area contributed by atoms with Crippen LogP contribution in [0.5, 0.6) is 0 Å². The van der Waals surface area contributed by atoms with Crippen LogP contribution in [0.25, 0.3) is 0 Å². The Labute approximate surface area is 61.5 Å². The Bertz CT molecular complexity index is 57.8. The molecule has 0 aromatic rings. The first-order valence-corrected chi connectivity index (χ1v) is 2.19. The predicted molar refractivity (Wildman–Crippen MR) is 7.61 cm³/mol. The Morgan fingerprint density at radius 1 is 1.14 bits per heavy atom. The molecule has 0 saturated carbocycles. The van der Waals surface area contributed by atoms with E-state index in [1.165, 1.54) is 0 Å². The third-order valence-corrected chi connectivity index (χ3v) is 0. The van der Waals surface area contributed by atoms with Crippen LogP contribution >= 0.6 is 7.82 Å². The number of rotatable bonds is 0. The molecular weight excluding hydrogens is 206 g/mol. The molecule has 7 heteroatoms. The molecule has 0 heterocycles. The predicted octanol–water partition coefficient (Wildman–Crippen LogP) is -2.83. The Morgan fingerprint density at radius 2 is 1.14 bits per heavy atom. The normalized spacial score (nSPS) is 8.43. The summed E-state index contributed by atoms with van der Waals surface area (Å²) in [6.07, 6.45) is 0. The van der Waals surface area contributed by atoms with Gasteiger partial charge in [0.15, 0.2) is 0 Å². The van der Waals surface area contributed by atoms with Gasteiger partial charge in [0.25, 0.3) is 0 Å². The summed E-state index contributed by atoms with van der Waals surface area (Å²) in [5.41, 5.74) is 0. The van der Waals surface area contributed by atoms with Crippen LogP contribution in [0.3, 0.4) is 0 Å². The van der Waals surface area contributed by atoms with Gasteiger partial charge in [-0.2, -0.15) is 7.82 Å². The van der Waals surface area contributed by atoms with Gasteiger partial charge in [-0.25, -0.2) is 0 Å². The molecule has 0 aliphatic heterocycles. The second-order valence-electron chi connectivity index (χ2n) is 0.447. The van der Waals surface area contributed by atoms with Crippen molar-refractivity contribution in [3.05, 3.63) is 0 Å². The van der Waals surface area contributed by atoms with Gasteiger partial charge in [0.2, 0.25) is 0 Å². The molecule has 0 unspecified atom stereocenters. The van der Waals surface area contributed by atoms with Crippen LogP contribution in [0.15, 0.2) is 0 Å². The molecule has 7 heavy (non-hydrogen) atoms. The fourth-order valence-corrected chi connectivity index (χ4v) is 0. The molecule has 0 N–H and O–H groups in total. The quantitative estimate of drug-likeness (QED) is 0.315. The minimum Gasteiger partial charge on any atom is -0.822 e. The molecule has 0 aliphatic rings. The van der Waals surface area contributed by atoms with E-state index in [1.807, 2.05) is 0 Å². The van der Waals surface area contributed by atoms with Gasteiger partial charge in [-0.1, -0.05) is 0 Å². The monoisotopic (exact) mass is 206 g/mol. The van der Waals surface area contributed by atoms with Crippen LogP contribution in [-0.2, 0) is 38.7 Å². The molecule has 0 bridgehead atoms. The van der Waals surface area contributed by atoms with E-state index < -0.39 is 7.82 Å².